The highest BCUT2D eigenvalue weighted by molar-refractivity contribution is 7.80. The van der Waals surface area contributed by atoms with Crippen LogP contribution in [0, 0.1) is 0 Å². The monoisotopic (exact) mass is 300 g/mol. The van der Waals surface area contributed by atoms with Crippen LogP contribution in [0.25, 0.3) is 0 Å². The number of halogens is 2. The normalized spacial score (nSPS) is 18.4. The van der Waals surface area contributed by atoms with Crippen molar-refractivity contribution < 1.29 is 0 Å². The summed E-state index contributed by atoms with van der Waals surface area (Å²) < 4.78 is 0. The molecule has 0 fully saturated rings. The summed E-state index contributed by atoms with van der Waals surface area (Å²) in [6.45, 7) is 6.14. The molecule has 1 N–H and O–H groups in total. The Morgan fingerprint density at radius 2 is 1.94 bits per heavy atom. The highest BCUT2D eigenvalue weighted by atomic mass is 35.5. The van der Waals surface area contributed by atoms with E-state index in [-0.39, 0.29) is 5.54 Å². The van der Waals surface area contributed by atoms with Crippen molar-refractivity contribution >= 4 is 46.2 Å². The zero-order valence-corrected chi connectivity index (χ0v) is 12.7. The van der Waals surface area contributed by atoms with Crippen LogP contribution in [0.15, 0.2) is 30.0 Å². The predicted octanol–water partition coefficient (Wildman–Crippen LogP) is 4.37. The third-order valence-electron chi connectivity index (χ3n) is 2.70. The van der Waals surface area contributed by atoms with Crippen LogP contribution in [0.5, 0.6) is 0 Å². The number of thiocarbonyl (C=S) groups is 1. The molecule has 0 atom stereocenters. The summed E-state index contributed by atoms with van der Waals surface area (Å²) in [4.78, 5) is 1.90. The second kappa shape index (κ2) is 4.72. The third kappa shape index (κ3) is 2.63. The van der Waals surface area contributed by atoms with Crippen molar-refractivity contribution in [1.82, 2.24) is 5.32 Å². The molecule has 0 aliphatic carbocycles. The Balaban J connectivity index is 2.51. The first-order valence-electron chi connectivity index (χ1n) is 5.57. The molecule has 1 aliphatic rings. The molecule has 2 rings (SSSR count). The molecular formula is C13H14Cl2N2S. The van der Waals surface area contributed by atoms with Crippen LogP contribution in [0.4, 0.5) is 5.69 Å². The number of hydrogen-bond acceptors (Lipinski definition) is 1. The smallest absolute Gasteiger partial charge is 0.178 e. The topological polar surface area (TPSA) is 15.3 Å². The summed E-state index contributed by atoms with van der Waals surface area (Å²) in [6.07, 6.45) is 2.11. The molecule has 0 spiro atoms. The number of allylic oxidation sites excluding steroid dienone is 1. The lowest BCUT2D eigenvalue weighted by Crippen LogP contribution is -2.53. The standard InChI is InChI=1S/C13H14Cl2N2S/c1-8-7-13(2,3)16-12(18)17(8)11-6-9(14)4-5-10(11)15/h4-7H,1-3H3,(H,16,18). The van der Waals surface area contributed by atoms with Gasteiger partial charge in [-0.05, 0) is 57.3 Å². The Kier molecular flexibility index (Phi) is 3.58. The number of nitrogens with one attached hydrogen (secondary N) is 1. The lowest BCUT2D eigenvalue weighted by Gasteiger charge is -2.38. The van der Waals surface area contributed by atoms with Crippen molar-refractivity contribution in [3.63, 3.8) is 0 Å². The van der Waals surface area contributed by atoms with Crippen LogP contribution in [-0.2, 0) is 0 Å². The number of rotatable bonds is 1. The Labute approximate surface area is 123 Å². The van der Waals surface area contributed by atoms with E-state index in [1.807, 2.05) is 17.9 Å². The maximum atomic E-state index is 6.22. The van der Waals surface area contributed by atoms with Crippen molar-refractivity contribution in [3.8, 4) is 0 Å². The minimum Gasteiger partial charge on any atom is -0.354 e. The molecule has 1 heterocycles. The highest BCUT2D eigenvalue weighted by Crippen LogP contribution is 2.33. The molecule has 0 bridgehead atoms. The fourth-order valence-electron chi connectivity index (χ4n) is 2.07. The van der Waals surface area contributed by atoms with Gasteiger partial charge >= 0.3 is 0 Å². The molecular weight excluding hydrogens is 287 g/mol. The molecule has 1 aromatic carbocycles. The largest absolute Gasteiger partial charge is 0.354 e. The van der Waals surface area contributed by atoms with E-state index < -0.39 is 0 Å². The molecule has 0 radical (unpaired) electrons. The van der Waals surface area contributed by atoms with Crippen molar-refractivity contribution in [2.45, 2.75) is 26.3 Å². The van der Waals surface area contributed by atoms with Crippen LogP contribution in [0.1, 0.15) is 20.8 Å². The van der Waals surface area contributed by atoms with Crippen LogP contribution in [-0.4, -0.2) is 10.7 Å². The molecule has 0 unspecified atom stereocenters. The summed E-state index contributed by atoms with van der Waals surface area (Å²) in [5.74, 6) is 0. The molecule has 0 amide bonds. The number of nitrogens with zero attached hydrogens (tertiary/aromatic N) is 1. The second-order valence-corrected chi connectivity index (χ2v) is 6.10. The number of hydrogen-bond donors (Lipinski definition) is 1. The van der Waals surface area contributed by atoms with Crippen LogP contribution < -0.4 is 10.2 Å². The maximum Gasteiger partial charge on any atom is 0.178 e. The quantitative estimate of drug-likeness (QED) is 0.775. The highest BCUT2D eigenvalue weighted by Gasteiger charge is 2.28. The predicted molar refractivity (Wildman–Crippen MR) is 82.5 cm³/mol. The third-order valence-corrected chi connectivity index (χ3v) is 3.54. The van der Waals surface area contributed by atoms with Gasteiger partial charge in [0.15, 0.2) is 5.11 Å². The maximum absolute atomic E-state index is 6.22. The minimum atomic E-state index is -0.150. The van der Waals surface area contributed by atoms with Gasteiger partial charge in [0.2, 0.25) is 0 Å². The number of anilines is 1. The van der Waals surface area contributed by atoms with E-state index in [1.54, 1.807) is 12.1 Å². The molecule has 0 aromatic heterocycles. The van der Waals surface area contributed by atoms with Gasteiger partial charge < -0.3 is 5.32 Å². The summed E-state index contributed by atoms with van der Waals surface area (Å²) in [5.41, 5.74) is 1.68. The van der Waals surface area contributed by atoms with Crippen LogP contribution >= 0.6 is 35.4 Å². The van der Waals surface area contributed by atoms with Crippen molar-refractivity contribution in [1.29, 1.82) is 0 Å². The van der Waals surface area contributed by atoms with E-state index in [4.69, 9.17) is 35.4 Å². The zero-order chi connectivity index (χ0) is 13.5. The van der Waals surface area contributed by atoms with Gasteiger partial charge in [-0.15, -0.1) is 0 Å². The molecule has 0 saturated heterocycles. The fourth-order valence-corrected chi connectivity index (χ4v) is 2.94. The molecule has 0 saturated carbocycles. The Morgan fingerprint density at radius 1 is 1.28 bits per heavy atom. The Bertz CT molecular complexity index is 538. The Morgan fingerprint density at radius 3 is 2.56 bits per heavy atom. The minimum absolute atomic E-state index is 0.150. The fraction of sp³-hybridized carbons (Fsp3) is 0.308. The van der Waals surface area contributed by atoms with E-state index >= 15 is 0 Å². The first kappa shape index (κ1) is 13.7. The van der Waals surface area contributed by atoms with E-state index in [0.717, 1.165) is 11.4 Å². The second-order valence-electron chi connectivity index (χ2n) is 4.87. The number of benzene rings is 1. The van der Waals surface area contributed by atoms with Gasteiger partial charge in [-0.25, -0.2) is 0 Å². The molecule has 18 heavy (non-hydrogen) atoms. The first-order chi connectivity index (χ1) is 8.30. The van der Waals surface area contributed by atoms with E-state index in [9.17, 15) is 0 Å². The van der Waals surface area contributed by atoms with Gasteiger partial charge in [-0.1, -0.05) is 23.2 Å². The SMILES string of the molecule is CC1=CC(C)(C)NC(=S)N1c1cc(Cl)ccc1Cl. The van der Waals surface area contributed by atoms with Gasteiger partial charge in [0.05, 0.1) is 16.2 Å². The van der Waals surface area contributed by atoms with Crippen molar-refractivity contribution in [2.24, 2.45) is 0 Å². The van der Waals surface area contributed by atoms with Gasteiger partial charge in [0.25, 0.3) is 0 Å². The molecule has 1 aromatic rings. The zero-order valence-electron chi connectivity index (χ0n) is 10.4. The lowest BCUT2D eigenvalue weighted by molar-refractivity contribution is 0.560. The van der Waals surface area contributed by atoms with E-state index in [0.29, 0.717) is 15.2 Å². The molecule has 96 valence electrons. The molecule has 2 nitrogen and oxygen atoms in total. The van der Waals surface area contributed by atoms with Gasteiger partial charge in [0.1, 0.15) is 0 Å². The van der Waals surface area contributed by atoms with Gasteiger partial charge in [-0.2, -0.15) is 0 Å². The Hall–Kier alpha value is -0.770. The van der Waals surface area contributed by atoms with Crippen LogP contribution in [0.2, 0.25) is 10.0 Å². The summed E-state index contributed by atoms with van der Waals surface area (Å²) >= 11 is 17.6. The summed E-state index contributed by atoms with van der Waals surface area (Å²) in [5, 5.41) is 5.14. The lowest BCUT2D eigenvalue weighted by atomic mass is 10.0. The van der Waals surface area contributed by atoms with Crippen molar-refractivity contribution in [2.75, 3.05) is 4.90 Å². The first-order valence-corrected chi connectivity index (χ1v) is 6.73. The average molecular weight is 301 g/mol. The summed E-state index contributed by atoms with van der Waals surface area (Å²) in [7, 11) is 0. The molecule has 5 heteroatoms. The molecule has 1 aliphatic heterocycles. The van der Waals surface area contributed by atoms with E-state index in [2.05, 4.69) is 25.2 Å². The summed E-state index contributed by atoms with van der Waals surface area (Å²) in [6, 6.07) is 5.35. The van der Waals surface area contributed by atoms with Gasteiger partial charge in [-0.3, -0.25) is 4.90 Å². The van der Waals surface area contributed by atoms with Crippen molar-refractivity contribution in [3.05, 3.63) is 40.0 Å². The average Bonchev–Trinajstić information content (AvgIpc) is 2.20. The van der Waals surface area contributed by atoms with Crippen LogP contribution in [0.3, 0.4) is 0 Å². The van der Waals surface area contributed by atoms with E-state index in [1.165, 1.54) is 0 Å². The van der Waals surface area contributed by atoms with Gasteiger partial charge in [0, 0.05) is 10.7 Å².